The van der Waals surface area contributed by atoms with Crippen LogP contribution < -0.4 is 0 Å². The normalized spacial score (nSPS) is 16.0. The molecule has 2 aromatic carbocycles. The van der Waals surface area contributed by atoms with E-state index in [1.54, 1.807) is 19.2 Å². The number of aromatic nitrogens is 1. The number of piperidine rings is 1. The molecule has 158 valence electrons. The van der Waals surface area contributed by atoms with Crippen LogP contribution in [0.4, 0.5) is 0 Å². The Morgan fingerprint density at radius 1 is 1.19 bits per heavy atom. The van der Waals surface area contributed by atoms with Gasteiger partial charge in [0.05, 0.1) is 18.4 Å². The van der Waals surface area contributed by atoms with Crippen LogP contribution in [0.3, 0.4) is 0 Å². The number of pyridine rings is 1. The zero-order chi connectivity index (χ0) is 21.8. The first-order valence-electron chi connectivity index (χ1n) is 10.5. The predicted molar refractivity (Wildman–Crippen MR) is 118 cm³/mol. The molecule has 0 spiro atoms. The summed E-state index contributed by atoms with van der Waals surface area (Å²) in [7, 11) is 0. The number of esters is 1. The Morgan fingerprint density at radius 3 is 2.55 bits per heavy atom. The van der Waals surface area contributed by atoms with Gasteiger partial charge in [0, 0.05) is 31.2 Å². The quantitative estimate of drug-likeness (QED) is 0.629. The standard InChI is InChI=1S/C25H25N3O3/c1-2-31-24(30)21-15-18(19-7-3-4-8-20(19)23(21)29)16-28-13-10-25(17-26,11-14-28)22-9-5-6-12-27-22/h3-9,12,15,29H,2,10-11,13-14,16H2,1H3. The Labute approximate surface area is 181 Å². The first kappa shape index (κ1) is 20.8. The maximum atomic E-state index is 12.4. The van der Waals surface area contributed by atoms with Gasteiger partial charge in [-0.3, -0.25) is 9.88 Å². The highest BCUT2D eigenvalue weighted by atomic mass is 16.5. The second-order valence-electron chi connectivity index (χ2n) is 7.88. The van der Waals surface area contributed by atoms with Crippen LogP contribution in [-0.2, 0) is 16.7 Å². The molecule has 0 saturated carbocycles. The minimum Gasteiger partial charge on any atom is -0.506 e. The predicted octanol–water partition coefficient (Wildman–Crippen LogP) is 4.17. The Hall–Kier alpha value is -3.43. The van der Waals surface area contributed by atoms with E-state index in [0.29, 0.717) is 24.8 Å². The van der Waals surface area contributed by atoms with Gasteiger partial charge in [-0.15, -0.1) is 0 Å². The molecule has 0 radical (unpaired) electrons. The number of phenolic OH excluding ortho intramolecular Hbond substituents is 1. The highest BCUT2D eigenvalue weighted by Gasteiger charge is 2.37. The van der Waals surface area contributed by atoms with E-state index in [1.807, 2.05) is 42.5 Å². The lowest BCUT2D eigenvalue weighted by molar-refractivity contribution is 0.0523. The maximum Gasteiger partial charge on any atom is 0.341 e. The molecular weight excluding hydrogens is 390 g/mol. The summed E-state index contributed by atoms with van der Waals surface area (Å²) in [6, 6.07) is 17.5. The summed E-state index contributed by atoms with van der Waals surface area (Å²) in [6.45, 7) is 4.10. The highest BCUT2D eigenvalue weighted by Crippen LogP contribution is 2.36. The number of nitrogens with zero attached hydrogens (tertiary/aromatic N) is 3. The van der Waals surface area contributed by atoms with Crippen LogP contribution >= 0.6 is 0 Å². The Bertz CT molecular complexity index is 1130. The number of rotatable bonds is 5. The van der Waals surface area contributed by atoms with Crippen molar-refractivity contribution in [3.8, 4) is 11.8 Å². The molecule has 1 N–H and O–H groups in total. The Balaban J connectivity index is 1.60. The molecule has 2 heterocycles. The van der Waals surface area contributed by atoms with E-state index in [0.717, 1.165) is 29.7 Å². The average Bonchev–Trinajstić information content (AvgIpc) is 2.82. The second kappa shape index (κ2) is 8.75. The third-order valence-electron chi connectivity index (χ3n) is 6.07. The first-order chi connectivity index (χ1) is 15.1. The number of carbonyl (C=O) groups excluding carboxylic acids is 1. The number of hydrogen-bond donors (Lipinski definition) is 1. The van der Waals surface area contributed by atoms with E-state index in [1.165, 1.54) is 0 Å². The van der Waals surface area contributed by atoms with Crippen LogP contribution in [0, 0.1) is 11.3 Å². The van der Waals surface area contributed by atoms with Gasteiger partial charge >= 0.3 is 5.97 Å². The van der Waals surface area contributed by atoms with Crippen molar-refractivity contribution in [2.75, 3.05) is 19.7 Å². The van der Waals surface area contributed by atoms with Crippen molar-refractivity contribution in [3.63, 3.8) is 0 Å². The van der Waals surface area contributed by atoms with Gasteiger partial charge in [-0.2, -0.15) is 5.26 Å². The van der Waals surface area contributed by atoms with Gasteiger partial charge in [0.2, 0.25) is 0 Å². The van der Waals surface area contributed by atoms with Gasteiger partial charge in [-0.05, 0) is 48.9 Å². The minimum atomic E-state index is -0.565. The van der Waals surface area contributed by atoms with Gasteiger partial charge in [-0.25, -0.2) is 4.79 Å². The largest absolute Gasteiger partial charge is 0.506 e. The summed E-state index contributed by atoms with van der Waals surface area (Å²) in [5, 5.41) is 22.1. The molecule has 0 aliphatic carbocycles. The fraction of sp³-hybridized carbons (Fsp3) is 0.320. The van der Waals surface area contributed by atoms with Gasteiger partial charge < -0.3 is 9.84 Å². The van der Waals surface area contributed by atoms with E-state index in [-0.39, 0.29) is 17.9 Å². The molecule has 0 bridgehead atoms. The number of benzene rings is 2. The summed E-state index contributed by atoms with van der Waals surface area (Å²) < 4.78 is 5.14. The maximum absolute atomic E-state index is 12.4. The Morgan fingerprint density at radius 2 is 1.90 bits per heavy atom. The van der Waals surface area contributed by atoms with Crippen molar-refractivity contribution in [1.29, 1.82) is 5.26 Å². The van der Waals surface area contributed by atoms with Crippen LogP contribution in [-0.4, -0.2) is 40.7 Å². The third kappa shape index (κ3) is 3.97. The second-order valence-corrected chi connectivity index (χ2v) is 7.88. The lowest BCUT2D eigenvalue weighted by atomic mass is 9.76. The van der Waals surface area contributed by atoms with Gasteiger partial charge in [0.15, 0.2) is 0 Å². The molecule has 0 atom stereocenters. The van der Waals surface area contributed by atoms with Gasteiger partial charge in [0.1, 0.15) is 16.7 Å². The summed E-state index contributed by atoms with van der Waals surface area (Å²) in [5.74, 6) is -0.570. The number of hydrogen-bond acceptors (Lipinski definition) is 6. The van der Waals surface area contributed by atoms with Crippen LogP contribution in [0.5, 0.6) is 5.75 Å². The number of aromatic hydroxyl groups is 1. The molecule has 1 aromatic heterocycles. The summed E-state index contributed by atoms with van der Waals surface area (Å²) in [6.07, 6.45) is 3.13. The lowest BCUT2D eigenvalue weighted by Gasteiger charge is -2.37. The molecule has 6 heteroatoms. The van der Waals surface area contributed by atoms with Crippen LogP contribution in [0.1, 0.15) is 41.4 Å². The number of nitriles is 1. The fourth-order valence-electron chi connectivity index (χ4n) is 4.34. The molecule has 1 aliphatic heterocycles. The monoisotopic (exact) mass is 415 g/mol. The smallest absolute Gasteiger partial charge is 0.341 e. The summed E-state index contributed by atoms with van der Waals surface area (Å²) in [4.78, 5) is 19.1. The topological polar surface area (TPSA) is 86.5 Å². The van der Waals surface area contributed by atoms with Crippen molar-refractivity contribution in [2.24, 2.45) is 0 Å². The molecule has 0 unspecified atom stereocenters. The van der Waals surface area contributed by atoms with Crippen molar-refractivity contribution in [2.45, 2.75) is 31.7 Å². The van der Waals surface area contributed by atoms with Crippen molar-refractivity contribution in [3.05, 3.63) is 71.5 Å². The Kier molecular flexibility index (Phi) is 5.88. The van der Waals surface area contributed by atoms with E-state index < -0.39 is 11.4 Å². The average molecular weight is 415 g/mol. The minimum absolute atomic E-state index is 0.0462. The summed E-state index contributed by atoms with van der Waals surface area (Å²) in [5.41, 5.74) is 1.41. The van der Waals surface area contributed by atoms with Crippen LogP contribution in [0.15, 0.2) is 54.7 Å². The molecule has 1 aliphatic rings. The van der Waals surface area contributed by atoms with Crippen molar-refractivity contribution >= 4 is 16.7 Å². The third-order valence-corrected chi connectivity index (χ3v) is 6.07. The molecular formula is C25H25N3O3. The van der Waals surface area contributed by atoms with Crippen molar-refractivity contribution < 1.29 is 14.6 Å². The van der Waals surface area contributed by atoms with Gasteiger partial charge in [-0.1, -0.05) is 30.3 Å². The number of phenols is 1. The number of carbonyl (C=O) groups is 1. The van der Waals surface area contributed by atoms with Crippen molar-refractivity contribution in [1.82, 2.24) is 9.88 Å². The zero-order valence-electron chi connectivity index (χ0n) is 17.5. The van der Waals surface area contributed by atoms with E-state index in [4.69, 9.17) is 4.74 Å². The molecule has 3 aromatic rings. The van der Waals surface area contributed by atoms with E-state index >= 15 is 0 Å². The molecule has 6 nitrogen and oxygen atoms in total. The summed E-state index contributed by atoms with van der Waals surface area (Å²) >= 11 is 0. The zero-order valence-corrected chi connectivity index (χ0v) is 17.5. The molecule has 31 heavy (non-hydrogen) atoms. The molecule has 1 saturated heterocycles. The highest BCUT2D eigenvalue weighted by molar-refractivity contribution is 6.02. The molecule has 1 fully saturated rings. The number of fused-ring (bicyclic) bond motifs is 1. The lowest BCUT2D eigenvalue weighted by Crippen LogP contribution is -2.42. The van der Waals surface area contributed by atoms with E-state index in [2.05, 4.69) is 16.0 Å². The number of ether oxygens (including phenoxy) is 1. The molecule has 0 amide bonds. The van der Waals surface area contributed by atoms with Crippen LogP contribution in [0.25, 0.3) is 10.8 Å². The SMILES string of the molecule is CCOC(=O)c1cc(CN2CCC(C#N)(c3ccccn3)CC2)c2ccccc2c1O. The van der Waals surface area contributed by atoms with Gasteiger partial charge in [0.25, 0.3) is 0 Å². The van der Waals surface area contributed by atoms with E-state index in [9.17, 15) is 15.2 Å². The first-order valence-corrected chi connectivity index (χ1v) is 10.5. The number of likely N-dealkylation sites (tertiary alicyclic amines) is 1. The molecule has 4 rings (SSSR count). The van der Waals surface area contributed by atoms with Crippen LogP contribution in [0.2, 0.25) is 0 Å². The fourth-order valence-corrected chi connectivity index (χ4v) is 4.34.